The van der Waals surface area contributed by atoms with E-state index in [1.54, 1.807) is 0 Å². The summed E-state index contributed by atoms with van der Waals surface area (Å²) in [6, 6.07) is 14.1. The maximum atomic E-state index is 12.4. The Morgan fingerprint density at radius 2 is 1.84 bits per heavy atom. The lowest BCUT2D eigenvalue weighted by atomic mass is 10.0. The van der Waals surface area contributed by atoms with Gasteiger partial charge in [-0.15, -0.1) is 0 Å². The number of aryl methyl sites for hydroxylation is 2. The summed E-state index contributed by atoms with van der Waals surface area (Å²) in [6.45, 7) is 3.94. The van der Waals surface area contributed by atoms with Crippen molar-refractivity contribution < 1.29 is 4.79 Å². The van der Waals surface area contributed by atoms with Gasteiger partial charge >= 0.3 is 0 Å². The molecule has 1 N–H and O–H groups in total. The van der Waals surface area contributed by atoms with E-state index in [1.165, 1.54) is 0 Å². The molecule has 1 amide bonds. The average molecular weight is 452 g/mol. The van der Waals surface area contributed by atoms with Crippen LogP contribution in [-0.4, -0.2) is 54.0 Å². The first kappa shape index (κ1) is 22.5. The second-order valence-electron chi connectivity index (χ2n) is 8.70. The first-order chi connectivity index (χ1) is 15.4. The number of anilines is 2. The Morgan fingerprint density at radius 3 is 2.53 bits per heavy atom. The number of carbonyl (C=O) groups is 1. The highest BCUT2D eigenvalue weighted by atomic mass is 35.5. The van der Waals surface area contributed by atoms with E-state index >= 15 is 0 Å². The van der Waals surface area contributed by atoms with Crippen LogP contribution in [0.25, 0.3) is 10.9 Å². The predicted molar refractivity (Wildman–Crippen MR) is 132 cm³/mol. The molecule has 1 fully saturated rings. The summed E-state index contributed by atoms with van der Waals surface area (Å²) in [5.41, 5.74) is 3.69. The Labute approximate surface area is 194 Å². The van der Waals surface area contributed by atoms with Crippen molar-refractivity contribution in [1.82, 2.24) is 14.9 Å². The number of benzene rings is 2. The van der Waals surface area contributed by atoms with E-state index in [0.717, 1.165) is 59.7 Å². The van der Waals surface area contributed by atoms with Crippen molar-refractivity contribution >= 4 is 40.0 Å². The Hall–Kier alpha value is -2.70. The average Bonchev–Trinajstić information content (AvgIpc) is 2.79. The molecule has 0 radical (unpaired) electrons. The van der Waals surface area contributed by atoms with Crippen LogP contribution in [-0.2, 0) is 11.2 Å². The van der Waals surface area contributed by atoms with Gasteiger partial charge in [-0.1, -0.05) is 23.7 Å². The lowest BCUT2D eigenvalue weighted by molar-refractivity contribution is -0.116. The number of nitrogens with zero attached hydrogens (tertiary/aromatic N) is 4. The van der Waals surface area contributed by atoms with Gasteiger partial charge in [-0.2, -0.15) is 0 Å². The molecule has 0 aliphatic carbocycles. The third kappa shape index (κ3) is 5.37. The van der Waals surface area contributed by atoms with Gasteiger partial charge in [0, 0.05) is 41.6 Å². The summed E-state index contributed by atoms with van der Waals surface area (Å²) in [4.78, 5) is 26.6. The number of hydrogen-bond donors (Lipinski definition) is 1. The van der Waals surface area contributed by atoms with Crippen LogP contribution >= 0.6 is 11.6 Å². The molecule has 0 unspecified atom stereocenters. The fraction of sp³-hybridized carbons (Fsp3) is 0.400. The molecule has 6 nitrogen and oxygen atoms in total. The molecule has 168 valence electrons. The summed E-state index contributed by atoms with van der Waals surface area (Å²) >= 11 is 5.92. The van der Waals surface area contributed by atoms with Crippen LogP contribution in [0.1, 0.15) is 30.5 Å². The monoisotopic (exact) mass is 451 g/mol. The van der Waals surface area contributed by atoms with Crippen LogP contribution in [0.15, 0.2) is 42.5 Å². The molecule has 1 aliphatic heterocycles. The largest absolute Gasteiger partial charge is 0.341 e. The minimum Gasteiger partial charge on any atom is -0.341 e. The molecule has 0 saturated carbocycles. The van der Waals surface area contributed by atoms with E-state index in [4.69, 9.17) is 21.6 Å². The molecule has 4 rings (SSSR count). The van der Waals surface area contributed by atoms with E-state index in [0.29, 0.717) is 23.9 Å². The number of fused-ring (bicyclic) bond motifs is 1. The molecule has 0 spiro atoms. The zero-order chi connectivity index (χ0) is 22.7. The van der Waals surface area contributed by atoms with Crippen LogP contribution in [0.5, 0.6) is 0 Å². The number of hydrogen-bond acceptors (Lipinski definition) is 5. The van der Waals surface area contributed by atoms with Gasteiger partial charge in [0.2, 0.25) is 11.9 Å². The molecule has 2 aromatic carbocycles. The van der Waals surface area contributed by atoms with Gasteiger partial charge in [0.15, 0.2) is 0 Å². The summed E-state index contributed by atoms with van der Waals surface area (Å²) in [5.74, 6) is 0.783. The fourth-order valence-corrected chi connectivity index (χ4v) is 4.33. The number of rotatable bonds is 6. The maximum absolute atomic E-state index is 12.4. The van der Waals surface area contributed by atoms with Crippen LogP contribution < -0.4 is 10.2 Å². The van der Waals surface area contributed by atoms with E-state index in [-0.39, 0.29) is 5.91 Å². The molecule has 1 saturated heterocycles. The van der Waals surface area contributed by atoms with Gasteiger partial charge in [-0.3, -0.25) is 4.79 Å². The number of nitrogens with one attached hydrogen (secondary N) is 1. The predicted octanol–water partition coefficient (Wildman–Crippen LogP) is 4.69. The molecule has 7 heteroatoms. The van der Waals surface area contributed by atoms with Crippen LogP contribution in [0.2, 0.25) is 5.02 Å². The van der Waals surface area contributed by atoms with E-state index in [2.05, 4.69) is 29.2 Å². The van der Waals surface area contributed by atoms with Crippen molar-refractivity contribution in [1.29, 1.82) is 0 Å². The number of aromatic nitrogens is 2. The summed E-state index contributed by atoms with van der Waals surface area (Å²) < 4.78 is 0. The van der Waals surface area contributed by atoms with Crippen LogP contribution in [0.4, 0.5) is 11.6 Å². The molecule has 1 aromatic heterocycles. The smallest absolute Gasteiger partial charge is 0.226 e. The molecule has 32 heavy (non-hydrogen) atoms. The van der Waals surface area contributed by atoms with Crippen molar-refractivity contribution in [3.63, 3.8) is 0 Å². The van der Waals surface area contributed by atoms with Crippen molar-refractivity contribution in [2.45, 2.75) is 38.6 Å². The lowest BCUT2D eigenvalue weighted by Gasteiger charge is -2.35. The van der Waals surface area contributed by atoms with Gasteiger partial charge in [0.1, 0.15) is 0 Å². The number of halogens is 1. The normalized spacial score (nSPS) is 14.8. The number of amides is 1. The van der Waals surface area contributed by atoms with Gasteiger partial charge in [0.05, 0.1) is 11.2 Å². The van der Waals surface area contributed by atoms with Gasteiger partial charge in [-0.05, 0) is 76.2 Å². The standard InChI is InChI=1S/C25H30ClN5O/c1-17-22-16-20(28-24(32)11-6-18-4-7-19(26)8-5-18)9-10-23(22)29-25(27-17)31-14-12-21(13-15-31)30(2)3/h4-5,7-10,16,21H,6,11-15H2,1-3H3,(H,28,32). The third-order valence-electron chi connectivity index (χ3n) is 6.19. The van der Waals surface area contributed by atoms with Crippen molar-refractivity contribution in [2.24, 2.45) is 0 Å². The number of carbonyl (C=O) groups excluding carboxylic acids is 1. The zero-order valence-corrected chi connectivity index (χ0v) is 19.7. The Morgan fingerprint density at radius 1 is 1.12 bits per heavy atom. The van der Waals surface area contributed by atoms with E-state index in [9.17, 15) is 4.79 Å². The van der Waals surface area contributed by atoms with E-state index in [1.807, 2.05) is 49.4 Å². The van der Waals surface area contributed by atoms with Crippen LogP contribution in [0.3, 0.4) is 0 Å². The summed E-state index contributed by atoms with van der Waals surface area (Å²) in [5, 5.41) is 4.67. The lowest BCUT2D eigenvalue weighted by Crippen LogP contribution is -2.42. The third-order valence-corrected chi connectivity index (χ3v) is 6.44. The second-order valence-corrected chi connectivity index (χ2v) is 9.13. The van der Waals surface area contributed by atoms with Crippen molar-refractivity contribution in [2.75, 3.05) is 37.4 Å². The Balaban J connectivity index is 1.41. The van der Waals surface area contributed by atoms with Gasteiger partial charge < -0.3 is 15.1 Å². The second kappa shape index (κ2) is 9.84. The minimum absolute atomic E-state index is 0.0155. The molecule has 0 atom stereocenters. The quantitative estimate of drug-likeness (QED) is 0.589. The molecular formula is C25H30ClN5O. The maximum Gasteiger partial charge on any atom is 0.226 e. The molecule has 1 aliphatic rings. The van der Waals surface area contributed by atoms with Crippen molar-refractivity contribution in [3.05, 3.63) is 58.7 Å². The van der Waals surface area contributed by atoms with E-state index < -0.39 is 0 Å². The highest BCUT2D eigenvalue weighted by Gasteiger charge is 2.22. The molecule has 2 heterocycles. The first-order valence-electron chi connectivity index (χ1n) is 11.1. The Bertz CT molecular complexity index is 1090. The highest BCUT2D eigenvalue weighted by Crippen LogP contribution is 2.25. The van der Waals surface area contributed by atoms with Crippen LogP contribution in [0, 0.1) is 6.92 Å². The number of piperidine rings is 1. The van der Waals surface area contributed by atoms with Gasteiger partial charge in [0.25, 0.3) is 0 Å². The first-order valence-corrected chi connectivity index (χ1v) is 11.5. The minimum atomic E-state index is -0.0155. The van der Waals surface area contributed by atoms with Gasteiger partial charge in [-0.25, -0.2) is 9.97 Å². The Kier molecular flexibility index (Phi) is 6.92. The topological polar surface area (TPSA) is 61.4 Å². The molecular weight excluding hydrogens is 422 g/mol. The zero-order valence-electron chi connectivity index (χ0n) is 18.9. The fourth-order valence-electron chi connectivity index (χ4n) is 4.20. The highest BCUT2D eigenvalue weighted by molar-refractivity contribution is 6.30. The summed E-state index contributed by atoms with van der Waals surface area (Å²) in [7, 11) is 4.29. The SMILES string of the molecule is Cc1nc(N2CCC(N(C)C)CC2)nc2ccc(NC(=O)CCc3ccc(Cl)cc3)cc12. The van der Waals surface area contributed by atoms with Crippen molar-refractivity contribution in [3.8, 4) is 0 Å². The summed E-state index contributed by atoms with van der Waals surface area (Å²) in [6.07, 6.45) is 3.33. The molecule has 3 aromatic rings. The molecule has 0 bridgehead atoms.